The Bertz CT molecular complexity index is 3230. The summed E-state index contributed by atoms with van der Waals surface area (Å²) in [6.07, 6.45) is 0. The third-order valence-corrected chi connectivity index (χ3v) is 9.41. The maximum atomic E-state index is 9.00. The van der Waals surface area contributed by atoms with Crippen LogP contribution in [0.2, 0.25) is 0 Å². The van der Waals surface area contributed by atoms with Crippen LogP contribution in [-0.2, 0) is 0 Å². The minimum atomic E-state index is -0.460. The Kier molecular flexibility index (Phi) is 5.32. The SMILES string of the molecule is [2H]c1c([2H])c([2H])c2c(oc3c(-c4ccc(N(c5ccc(-c6ccccc6)cc5)c5ccc(-c6ccccc6)c6c5oc5ccccc56)cc4)c([2H])c([2H])c([2H])c32)c1[2H]. The molecule has 0 saturated carbocycles. The average molecular weight is 661 g/mol. The molecule has 3 heteroatoms. The van der Waals surface area contributed by atoms with Crippen LogP contribution < -0.4 is 4.90 Å². The molecule has 10 rings (SSSR count). The van der Waals surface area contributed by atoms with E-state index in [2.05, 4.69) is 71.6 Å². The van der Waals surface area contributed by atoms with Crippen molar-refractivity contribution in [2.24, 2.45) is 0 Å². The van der Waals surface area contributed by atoms with Crippen LogP contribution in [0.25, 0.3) is 77.3 Å². The summed E-state index contributed by atoms with van der Waals surface area (Å²) in [6.45, 7) is 0. The molecule has 0 radical (unpaired) electrons. The van der Waals surface area contributed by atoms with Gasteiger partial charge in [-0.2, -0.15) is 0 Å². The van der Waals surface area contributed by atoms with Gasteiger partial charge in [0.05, 0.1) is 15.3 Å². The predicted molar refractivity (Wildman–Crippen MR) is 212 cm³/mol. The first-order chi connectivity index (χ1) is 28.2. The second kappa shape index (κ2) is 11.9. The van der Waals surface area contributed by atoms with Gasteiger partial charge in [0.25, 0.3) is 0 Å². The first-order valence-electron chi connectivity index (χ1n) is 20.2. The molecular weight excluding hydrogens is 623 g/mol. The van der Waals surface area contributed by atoms with E-state index in [0.717, 1.165) is 55.7 Å². The summed E-state index contributed by atoms with van der Waals surface area (Å²) in [7, 11) is 0. The van der Waals surface area contributed by atoms with Crippen molar-refractivity contribution in [2.45, 2.75) is 0 Å². The van der Waals surface area contributed by atoms with E-state index in [9.17, 15) is 0 Å². The van der Waals surface area contributed by atoms with E-state index in [1.165, 1.54) is 0 Å². The van der Waals surface area contributed by atoms with E-state index in [1.54, 1.807) is 0 Å². The molecule has 240 valence electrons. The van der Waals surface area contributed by atoms with Crippen LogP contribution in [0.5, 0.6) is 0 Å². The zero-order valence-corrected chi connectivity index (χ0v) is 27.1. The van der Waals surface area contributed by atoms with E-state index in [4.69, 9.17) is 18.4 Å². The highest BCUT2D eigenvalue weighted by molar-refractivity contribution is 6.17. The van der Waals surface area contributed by atoms with Gasteiger partial charge in [-0.05, 0) is 70.3 Å². The molecule has 0 amide bonds. The summed E-state index contributed by atoms with van der Waals surface area (Å²) < 4.78 is 73.0. The smallest absolute Gasteiger partial charge is 0.160 e. The lowest BCUT2D eigenvalue weighted by molar-refractivity contribution is 0.669. The molecule has 0 saturated heterocycles. The monoisotopic (exact) mass is 660 g/mol. The zero-order chi connectivity index (χ0) is 39.8. The largest absolute Gasteiger partial charge is 0.455 e. The van der Waals surface area contributed by atoms with Crippen molar-refractivity contribution in [3.63, 3.8) is 0 Å². The molecule has 2 heterocycles. The third kappa shape index (κ3) is 4.90. The van der Waals surface area contributed by atoms with Crippen LogP contribution in [0.1, 0.15) is 9.60 Å². The van der Waals surface area contributed by atoms with Gasteiger partial charge in [0, 0.05) is 38.5 Å². The number of hydrogen-bond acceptors (Lipinski definition) is 3. The van der Waals surface area contributed by atoms with Crippen molar-refractivity contribution in [1.82, 2.24) is 0 Å². The first-order valence-corrected chi connectivity index (χ1v) is 16.7. The average Bonchev–Trinajstić information content (AvgIpc) is 3.86. The molecule has 0 bridgehead atoms. The summed E-state index contributed by atoms with van der Waals surface area (Å²) in [4.78, 5) is 2.13. The van der Waals surface area contributed by atoms with Gasteiger partial charge in [-0.25, -0.2) is 0 Å². The second-order valence-electron chi connectivity index (χ2n) is 12.4. The standard InChI is InChI=1S/C48H31NO2/c1-3-12-32(13-4-1)33-22-26-36(27-23-33)49(37-28-24-35(25-29-37)39-18-11-19-41-40-16-7-9-20-44(40)50-47(39)41)43-31-30-38(34-14-5-2-6-15-34)46-42-17-8-10-21-45(42)51-48(43)46/h1-31H/i7D,9D,11D,16D,18D,19D,20D. The van der Waals surface area contributed by atoms with Gasteiger partial charge in [-0.3, -0.25) is 0 Å². The second-order valence-corrected chi connectivity index (χ2v) is 12.4. The molecule has 0 aliphatic carbocycles. The lowest BCUT2D eigenvalue weighted by Crippen LogP contribution is -2.10. The van der Waals surface area contributed by atoms with Gasteiger partial charge in [0.1, 0.15) is 16.7 Å². The number of anilines is 3. The molecular formula is C48H31NO2. The molecule has 0 unspecified atom stereocenters. The Hall–Kier alpha value is -6.84. The van der Waals surface area contributed by atoms with Gasteiger partial charge in [0.2, 0.25) is 0 Å². The molecule has 0 aliphatic heterocycles. The zero-order valence-electron chi connectivity index (χ0n) is 34.1. The quantitative estimate of drug-likeness (QED) is 0.178. The molecule has 0 spiro atoms. The molecule has 8 aromatic carbocycles. The summed E-state index contributed by atoms with van der Waals surface area (Å²) in [5.74, 6) is 0. The molecule has 10 aromatic rings. The van der Waals surface area contributed by atoms with Crippen LogP contribution in [0.4, 0.5) is 17.1 Å². The molecule has 0 fully saturated rings. The summed E-state index contributed by atoms with van der Waals surface area (Å²) in [6, 6.07) is 45.9. The van der Waals surface area contributed by atoms with Crippen molar-refractivity contribution in [3.8, 4) is 33.4 Å². The van der Waals surface area contributed by atoms with E-state index in [-0.39, 0.29) is 57.7 Å². The maximum absolute atomic E-state index is 9.00. The molecule has 3 nitrogen and oxygen atoms in total. The van der Waals surface area contributed by atoms with E-state index >= 15 is 0 Å². The number of nitrogens with zero attached hydrogens (tertiary/aromatic N) is 1. The van der Waals surface area contributed by atoms with E-state index in [1.807, 2.05) is 78.9 Å². The summed E-state index contributed by atoms with van der Waals surface area (Å²) >= 11 is 0. The van der Waals surface area contributed by atoms with Crippen LogP contribution in [-0.4, -0.2) is 0 Å². The topological polar surface area (TPSA) is 29.5 Å². The first kappa shape index (κ1) is 22.7. The lowest BCUT2D eigenvalue weighted by atomic mass is 9.98. The summed E-state index contributed by atoms with van der Waals surface area (Å²) in [5.41, 5.74) is 8.90. The van der Waals surface area contributed by atoms with Crippen molar-refractivity contribution in [3.05, 3.63) is 188 Å². The van der Waals surface area contributed by atoms with Crippen LogP contribution >= 0.6 is 0 Å². The fourth-order valence-corrected chi connectivity index (χ4v) is 7.02. The van der Waals surface area contributed by atoms with E-state index < -0.39 is 12.1 Å². The van der Waals surface area contributed by atoms with Crippen molar-refractivity contribution < 1.29 is 18.4 Å². The fraction of sp³-hybridized carbons (Fsp3) is 0. The number of benzene rings is 8. The highest BCUT2D eigenvalue weighted by Crippen LogP contribution is 2.46. The predicted octanol–water partition coefficient (Wildman–Crippen LogP) is 14.0. The maximum Gasteiger partial charge on any atom is 0.160 e. The minimum Gasteiger partial charge on any atom is -0.455 e. The Labute approximate surface area is 305 Å². The minimum absolute atomic E-state index is 0.0243. The molecule has 2 aromatic heterocycles. The molecule has 0 aliphatic rings. The Morgan fingerprint density at radius 2 is 0.980 bits per heavy atom. The van der Waals surface area contributed by atoms with E-state index in [0.29, 0.717) is 11.1 Å². The lowest BCUT2D eigenvalue weighted by Gasteiger charge is -2.26. The Morgan fingerprint density at radius 1 is 0.392 bits per heavy atom. The summed E-state index contributed by atoms with van der Waals surface area (Å²) in [5, 5.41) is 2.08. The van der Waals surface area contributed by atoms with Crippen molar-refractivity contribution in [2.75, 3.05) is 4.90 Å². The van der Waals surface area contributed by atoms with Gasteiger partial charge in [0.15, 0.2) is 5.58 Å². The van der Waals surface area contributed by atoms with Crippen LogP contribution in [0.3, 0.4) is 0 Å². The molecule has 0 N–H and O–H groups in total. The van der Waals surface area contributed by atoms with Gasteiger partial charge in [-0.15, -0.1) is 0 Å². The highest BCUT2D eigenvalue weighted by atomic mass is 16.3. The number of para-hydroxylation sites is 3. The Balaban J connectivity index is 1.19. The number of fused-ring (bicyclic) bond motifs is 6. The molecule has 0 atom stereocenters. The normalized spacial score (nSPS) is 13.5. The van der Waals surface area contributed by atoms with Gasteiger partial charge >= 0.3 is 0 Å². The van der Waals surface area contributed by atoms with Gasteiger partial charge < -0.3 is 13.7 Å². The number of hydrogen-bond donors (Lipinski definition) is 0. The highest BCUT2D eigenvalue weighted by Gasteiger charge is 2.22. The van der Waals surface area contributed by atoms with Gasteiger partial charge in [-0.1, -0.05) is 145 Å². The number of rotatable bonds is 6. The van der Waals surface area contributed by atoms with Crippen LogP contribution in [0, 0.1) is 0 Å². The van der Waals surface area contributed by atoms with Crippen LogP contribution in [0.15, 0.2) is 197 Å². The third-order valence-electron chi connectivity index (χ3n) is 9.41. The fourth-order valence-electron chi connectivity index (χ4n) is 7.02. The van der Waals surface area contributed by atoms with Crippen molar-refractivity contribution >= 4 is 60.9 Å². The van der Waals surface area contributed by atoms with Crippen molar-refractivity contribution in [1.29, 1.82) is 0 Å². The number of furan rings is 2. The Morgan fingerprint density at radius 3 is 1.75 bits per heavy atom. The molecule has 51 heavy (non-hydrogen) atoms.